The van der Waals surface area contributed by atoms with Crippen molar-refractivity contribution in [2.45, 2.75) is 39.7 Å². The van der Waals surface area contributed by atoms with Crippen LogP contribution in [0.5, 0.6) is 0 Å². The highest BCUT2D eigenvalue weighted by molar-refractivity contribution is 5.21. The largest absolute Gasteiger partial charge is 0.330 e. The van der Waals surface area contributed by atoms with Crippen LogP contribution in [0.15, 0.2) is 6.20 Å². The molecule has 0 saturated heterocycles. The second-order valence-electron chi connectivity index (χ2n) is 3.58. The zero-order chi connectivity index (χ0) is 9.84. The van der Waals surface area contributed by atoms with Gasteiger partial charge in [-0.1, -0.05) is 13.8 Å². The van der Waals surface area contributed by atoms with Gasteiger partial charge in [0.1, 0.15) is 0 Å². The molecule has 0 aliphatic heterocycles. The van der Waals surface area contributed by atoms with Crippen molar-refractivity contribution in [2.75, 3.05) is 6.54 Å². The highest BCUT2D eigenvalue weighted by atomic mass is 15.3. The SMILES string of the molecule is CCn1cc(C(C)C)c(CCN)n1. The molecule has 3 heteroatoms. The molecule has 1 heterocycles. The van der Waals surface area contributed by atoms with E-state index in [1.54, 1.807) is 0 Å². The molecule has 0 unspecified atom stereocenters. The molecule has 0 aliphatic rings. The molecule has 0 saturated carbocycles. The van der Waals surface area contributed by atoms with Gasteiger partial charge >= 0.3 is 0 Å². The molecule has 0 bridgehead atoms. The van der Waals surface area contributed by atoms with Crippen LogP contribution in [0, 0.1) is 0 Å². The molecule has 1 rings (SSSR count). The first-order valence-corrected chi connectivity index (χ1v) is 4.95. The average Bonchev–Trinajstić information content (AvgIpc) is 2.48. The molecule has 13 heavy (non-hydrogen) atoms. The minimum Gasteiger partial charge on any atom is -0.330 e. The summed E-state index contributed by atoms with van der Waals surface area (Å²) in [6.45, 7) is 8.10. The molecule has 0 fully saturated rings. The number of nitrogens with two attached hydrogens (primary N) is 1. The second kappa shape index (κ2) is 4.42. The van der Waals surface area contributed by atoms with Crippen molar-refractivity contribution in [1.29, 1.82) is 0 Å². The van der Waals surface area contributed by atoms with E-state index >= 15 is 0 Å². The lowest BCUT2D eigenvalue weighted by atomic mass is 10.0. The molecule has 3 nitrogen and oxygen atoms in total. The summed E-state index contributed by atoms with van der Waals surface area (Å²) in [5.41, 5.74) is 8.04. The predicted molar refractivity (Wildman–Crippen MR) is 54.7 cm³/mol. The van der Waals surface area contributed by atoms with Crippen LogP contribution in [-0.4, -0.2) is 16.3 Å². The van der Waals surface area contributed by atoms with Gasteiger partial charge < -0.3 is 5.73 Å². The van der Waals surface area contributed by atoms with Crippen LogP contribution >= 0.6 is 0 Å². The minimum absolute atomic E-state index is 0.543. The van der Waals surface area contributed by atoms with Crippen LogP contribution < -0.4 is 5.73 Å². The Bertz CT molecular complexity index is 263. The highest BCUT2D eigenvalue weighted by Gasteiger charge is 2.10. The topological polar surface area (TPSA) is 43.8 Å². The minimum atomic E-state index is 0.543. The normalized spacial score (nSPS) is 11.2. The lowest BCUT2D eigenvalue weighted by Crippen LogP contribution is -2.06. The third-order valence-electron chi connectivity index (χ3n) is 2.20. The van der Waals surface area contributed by atoms with E-state index in [1.165, 1.54) is 11.3 Å². The van der Waals surface area contributed by atoms with E-state index in [0.717, 1.165) is 13.0 Å². The molecule has 0 atom stereocenters. The van der Waals surface area contributed by atoms with Gasteiger partial charge in [-0.15, -0.1) is 0 Å². The molecule has 0 spiro atoms. The Morgan fingerprint density at radius 3 is 2.69 bits per heavy atom. The number of aryl methyl sites for hydroxylation is 1. The van der Waals surface area contributed by atoms with Gasteiger partial charge in [0.05, 0.1) is 5.69 Å². The van der Waals surface area contributed by atoms with E-state index < -0.39 is 0 Å². The fourth-order valence-electron chi connectivity index (χ4n) is 1.45. The Morgan fingerprint density at radius 2 is 2.23 bits per heavy atom. The van der Waals surface area contributed by atoms with E-state index in [2.05, 4.69) is 32.1 Å². The van der Waals surface area contributed by atoms with Gasteiger partial charge in [-0.2, -0.15) is 5.10 Å². The maximum Gasteiger partial charge on any atom is 0.0671 e. The first-order chi connectivity index (χ1) is 6.19. The van der Waals surface area contributed by atoms with Crippen LogP contribution in [0.2, 0.25) is 0 Å². The Morgan fingerprint density at radius 1 is 1.54 bits per heavy atom. The van der Waals surface area contributed by atoms with Gasteiger partial charge in [-0.25, -0.2) is 0 Å². The number of nitrogens with zero attached hydrogens (tertiary/aromatic N) is 2. The Labute approximate surface area is 79.9 Å². The fraction of sp³-hybridized carbons (Fsp3) is 0.700. The lowest BCUT2D eigenvalue weighted by Gasteiger charge is -2.02. The Kier molecular flexibility index (Phi) is 3.48. The van der Waals surface area contributed by atoms with Gasteiger partial charge in [0.2, 0.25) is 0 Å². The number of hydrogen-bond acceptors (Lipinski definition) is 2. The van der Waals surface area contributed by atoms with Crippen LogP contribution in [0.25, 0.3) is 0 Å². The van der Waals surface area contributed by atoms with Crippen molar-refractivity contribution in [3.05, 3.63) is 17.5 Å². The Balaban J connectivity index is 2.93. The number of rotatable bonds is 4. The van der Waals surface area contributed by atoms with Crippen LogP contribution in [0.4, 0.5) is 0 Å². The molecule has 1 aromatic heterocycles. The molecule has 74 valence electrons. The third kappa shape index (κ3) is 2.31. The van der Waals surface area contributed by atoms with E-state index in [-0.39, 0.29) is 0 Å². The van der Waals surface area contributed by atoms with Crippen molar-refractivity contribution in [2.24, 2.45) is 5.73 Å². The van der Waals surface area contributed by atoms with E-state index in [0.29, 0.717) is 12.5 Å². The summed E-state index contributed by atoms with van der Waals surface area (Å²) in [6.07, 6.45) is 3.02. The summed E-state index contributed by atoms with van der Waals surface area (Å²) in [7, 11) is 0. The van der Waals surface area contributed by atoms with Gasteiger partial charge in [0, 0.05) is 19.2 Å². The molecule has 0 aromatic carbocycles. The quantitative estimate of drug-likeness (QED) is 0.765. The molecular weight excluding hydrogens is 162 g/mol. The van der Waals surface area contributed by atoms with E-state index in [9.17, 15) is 0 Å². The summed E-state index contributed by atoms with van der Waals surface area (Å²) in [4.78, 5) is 0. The van der Waals surface area contributed by atoms with E-state index in [4.69, 9.17) is 5.73 Å². The van der Waals surface area contributed by atoms with Gasteiger partial charge in [0.15, 0.2) is 0 Å². The second-order valence-corrected chi connectivity index (χ2v) is 3.58. The zero-order valence-electron chi connectivity index (χ0n) is 8.75. The molecular formula is C10H19N3. The van der Waals surface area contributed by atoms with Crippen LogP contribution in [0.1, 0.15) is 37.9 Å². The predicted octanol–water partition coefficient (Wildman–Crippen LogP) is 1.53. The number of hydrogen-bond donors (Lipinski definition) is 1. The van der Waals surface area contributed by atoms with Crippen molar-refractivity contribution in [1.82, 2.24) is 9.78 Å². The molecule has 0 amide bonds. The average molecular weight is 181 g/mol. The summed E-state index contributed by atoms with van der Waals surface area (Å²) in [5, 5.41) is 4.48. The zero-order valence-corrected chi connectivity index (χ0v) is 8.75. The first kappa shape index (κ1) is 10.3. The standard InChI is InChI=1S/C10H19N3/c1-4-13-7-9(8(2)3)10(12-13)5-6-11/h7-8H,4-6,11H2,1-3H3. The lowest BCUT2D eigenvalue weighted by molar-refractivity contribution is 0.646. The monoisotopic (exact) mass is 181 g/mol. The summed E-state index contributed by atoms with van der Waals surface area (Å²) in [6, 6.07) is 0. The first-order valence-electron chi connectivity index (χ1n) is 4.95. The summed E-state index contributed by atoms with van der Waals surface area (Å²) < 4.78 is 1.99. The molecule has 1 aromatic rings. The van der Waals surface area contributed by atoms with Crippen molar-refractivity contribution in [3.63, 3.8) is 0 Å². The van der Waals surface area contributed by atoms with Crippen molar-refractivity contribution < 1.29 is 0 Å². The summed E-state index contributed by atoms with van der Waals surface area (Å²) >= 11 is 0. The van der Waals surface area contributed by atoms with Crippen molar-refractivity contribution in [3.8, 4) is 0 Å². The van der Waals surface area contributed by atoms with Crippen molar-refractivity contribution >= 4 is 0 Å². The molecule has 2 N–H and O–H groups in total. The molecule has 0 aliphatic carbocycles. The maximum absolute atomic E-state index is 5.53. The van der Waals surface area contributed by atoms with Crippen LogP contribution in [-0.2, 0) is 13.0 Å². The maximum atomic E-state index is 5.53. The van der Waals surface area contributed by atoms with Gasteiger partial charge in [-0.3, -0.25) is 4.68 Å². The summed E-state index contributed by atoms with van der Waals surface area (Å²) in [5.74, 6) is 0.543. The molecule has 0 radical (unpaired) electrons. The highest BCUT2D eigenvalue weighted by Crippen LogP contribution is 2.18. The van der Waals surface area contributed by atoms with E-state index in [1.807, 2.05) is 4.68 Å². The Hall–Kier alpha value is -0.830. The number of aromatic nitrogens is 2. The third-order valence-corrected chi connectivity index (χ3v) is 2.20. The fourth-order valence-corrected chi connectivity index (χ4v) is 1.45. The van der Waals surface area contributed by atoms with Gasteiger partial charge in [0.25, 0.3) is 0 Å². The van der Waals surface area contributed by atoms with Crippen LogP contribution in [0.3, 0.4) is 0 Å². The van der Waals surface area contributed by atoms with Gasteiger partial charge in [-0.05, 0) is 24.9 Å². The smallest absolute Gasteiger partial charge is 0.0671 e.